The van der Waals surface area contributed by atoms with Crippen molar-refractivity contribution < 1.29 is 9.47 Å². The van der Waals surface area contributed by atoms with Crippen molar-refractivity contribution >= 4 is 0 Å². The summed E-state index contributed by atoms with van der Waals surface area (Å²) >= 11 is 0. The quantitative estimate of drug-likeness (QED) is 0.685. The molecular weight excluding hydrogens is 236 g/mol. The molecule has 1 heterocycles. The molecule has 1 aliphatic heterocycles. The molecule has 1 fully saturated rings. The van der Waals surface area contributed by atoms with Crippen LogP contribution in [-0.4, -0.2) is 18.5 Å². The molecule has 19 heavy (non-hydrogen) atoms. The van der Waals surface area contributed by atoms with Gasteiger partial charge in [-0.1, -0.05) is 37.6 Å². The number of hydrogen-bond donors (Lipinski definition) is 0. The molecule has 0 radical (unpaired) electrons. The zero-order valence-electron chi connectivity index (χ0n) is 12.2. The Labute approximate surface area is 117 Å². The first-order valence-electron chi connectivity index (χ1n) is 8.01. The maximum atomic E-state index is 6.09. The maximum Gasteiger partial charge on any atom is 0.158 e. The number of hydrogen-bond acceptors (Lipinski definition) is 2. The summed E-state index contributed by atoms with van der Waals surface area (Å²) < 4.78 is 12.2. The van der Waals surface area contributed by atoms with Crippen LogP contribution in [-0.2, 0) is 9.47 Å². The van der Waals surface area contributed by atoms with E-state index in [1.165, 1.54) is 25.7 Å². The van der Waals surface area contributed by atoms with E-state index in [0.717, 1.165) is 32.1 Å². The predicted molar refractivity (Wildman–Crippen MR) is 79.0 cm³/mol. The van der Waals surface area contributed by atoms with E-state index in [-0.39, 0.29) is 6.29 Å². The van der Waals surface area contributed by atoms with Gasteiger partial charge in [0.2, 0.25) is 0 Å². The van der Waals surface area contributed by atoms with Gasteiger partial charge in [0, 0.05) is 0 Å². The van der Waals surface area contributed by atoms with Crippen LogP contribution < -0.4 is 0 Å². The standard InChI is InChI=1S/C17H28O2/c1-2-3-14-17-18-15-12-10-8-6-4-5-7-9-11-13-16(15)19-17/h6-9,15-17H,2-5,10-14H2,1H3. The molecule has 2 heteroatoms. The van der Waals surface area contributed by atoms with Crippen molar-refractivity contribution in [2.24, 2.45) is 0 Å². The summed E-state index contributed by atoms with van der Waals surface area (Å²) in [4.78, 5) is 0. The molecule has 0 aromatic heterocycles. The van der Waals surface area contributed by atoms with Gasteiger partial charge < -0.3 is 9.47 Å². The summed E-state index contributed by atoms with van der Waals surface area (Å²) in [5.74, 6) is 0. The number of ether oxygens (including phenoxy) is 2. The Morgan fingerprint density at radius 2 is 1.37 bits per heavy atom. The van der Waals surface area contributed by atoms with E-state index in [1.807, 2.05) is 0 Å². The van der Waals surface area contributed by atoms with Crippen molar-refractivity contribution in [2.75, 3.05) is 0 Å². The minimum Gasteiger partial charge on any atom is -0.347 e. The first-order chi connectivity index (χ1) is 9.40. The SMILES string of the molecule is CCCCC1OC2CCC=CCCC=CCCC2O1. The molecular formula is C17H28O2. The fourth-order valence-electron chi connectivity index (χ4n) is 2.80. The van der Waals surface area contributed by atoms with E-state index in [1.54, 1.807) is 0 Å². The molecule has 0 aromatic rings. The molecule has 2 nitrogen and oxygen atoms in total. The Morgan fingerprint density at radius 1 is 0.842 bits per heavy atom. The number of rotatable bonds is 3. The minimum atomic E-state index is 0.0491. The van der Waals surface area contributed by atoms with Gasteiger partial charge in [-0.25, -0.2) is 0 Å². The van der Waals surface area contributed by atoms with Gasteiger partial charge in [0.1, 0.15) is 0 Å². The summed E-state index contributed by atoms with van der Waals surface area (Å²) in [7, 11) is 0. The topological polar surface area (TPSA) is 18.5 Å². The van der Waals surface area contributed by atoms with Crippen molar-refractivity contribution in [3.8, 4) is 0 Å². The molecule has 2 atom stereocenters. The number of unbranched alkanes of at least 4 members (excludes halogenated alkanes) is 1. The van der Waals surface area contributed by atoms with E-state index in [2.05, 4.69) is 31.2 Å². The molecule has 2 aliphatic rings. The second-order valence-corrected chi connectivity index (χ2v) is 5.60. The second-order valence-electron chi connectivity index (χ2n) is 5.60. The van der Waals surface area contributed by atoms with Crippen molar-refractivity contribution in [1.29, 1.82) is 0 Å². The fourth-order valence-corrected chi connectivity index (χ4v) is 2.80. The Hall–Kier alpha value is -0.600. The lowest BCUT2D eigenvalue weighted by atomic mass is 10.0. The molecule has 108 valence electrons. The lowest BCUT2D eigenvalue weighted by molar-refractivity contribution is -0.0723. The molecule has 1 aliphatic carbocycles. The maximum absolute atomic E-state index is 6.09. The minimum absolute atomic E-state index is 0.0491. The molecule has 2 rings (SSSR count). The normalized spacial score (nSPS) is 32.6. The highest BCUT2D eigenvalue weighted by atomic mass is 16.7. The molecule has 0 saturated carbocycles. The van der Waals surface area contributed by atoms with Crippen molar-refractivity contribution in [3.05, 3.63) is 24.3 Å². The van der Waals surface area contributed by atoms with Gasteiger partial charge in [-0.05, 0) is 51.4 Å². The fraction of sp³-hybridized carbons (Fsp3) is 0.765. The molecule has 0 bridgehead atoms. The summed E-state index contributed by atoms with van der Waals surface area (Å²) in [5.41, 5.74) is 0. The highest BCUT2D eigenvalue weighted by Crippen LogP contribution is 2.29. The first kappa shape index (κ1) is 14.8. The average molecular weight is 264 g/mol. The van der Waals surface area contributed by atoms with Crippen molar-refractivity contribution in [1.82, 2.24) is 0 Å². The van der Waals surface area contributed by atoms with Crippen LogP contribution in [0, 0.1) is 0 Å². The molecule has 1 saturated heterocycles. The van der Waals surface area contributed by atoms with E-state index in [9.17, 15) is 0 Å². The highest BCUT2D eigenvalue weighted by Gasteiger charge is 2.34. The number of fused-ring (bicyclic) bond motifs is 1. The first-order valence-corrected chi connectivity index (χ1v) is 8.01. The monoisotopic (exact) mass is 264 g/mol. The Bertz CT molecular complexity index is 270. The lowest BCUT2D eigenvalue weighted by Gasteiger charge is -2.15. The van der Waals surface area contributed by atoms with E-state index in [4.69, 9.17) is 9.47 Å². The Balaban J connectivity index is 1.87. The lowest BCUT2D eigenvalue weighted by Crippen LogP contribution is -2.22. The van der Waals surface area contributed by atoms with Crippen LogP contribution in [0.1, 0.15) is 64.7 Å². The molecule has 2 unspecified atom stereocenters. The molecule has 0 amide bonds. The van der Waals surface area contributed by atoms with E-state index >= 15 is 0 Å². The third-order valence-corrected chi connectivity index (χ3v) is 3.93. The van der Waals surface area contributed by atoms with Crippen LogP contribution in [0.4, 0.5) is 0 Å². The Morgan fingerprint density at radius 3 is 1.89 bits per heavy atom. The molecule has 0 N–H and O–H groups in total. The Kier molecular flexibility index (Phi) is 6.66. The summed E-state index contributed by atoms with van der Waals surface area (Å²) in [6, 6.07) is 0. The average Bonchev–Trinajstić information content (AvgIpc) is 2.79. The van der Waals surface area contributed by atoms with Crippen LogP contribution in [0.5, 0.6) is 0 Å². The van der Waals surface area contributed by atoms with Gasteiger partial charge in [0.25, 0.3) is 0 Å². The predicted octanol–water partition coefficient (Wildman–Crippen LogP) is 4.75. The van der Waals surface area contributed by atoms with Gasteiger partial charge in [0.15, 0.2) is 6.29 Å². The zero-order valence-corrected chi connectivity index (χ0v) is 12.2. The zero-order chi connectivity index (χ0) is 13.3. The second kappa shape index (κ2) is 8.55. The van der Waals surface area contributed by atoms with Gasteiger partial charge in [-0.2, -0.15) is 0 Å². The van der Waals surface area contributed by atoms with Crippen LogP contribution in [0.15, 0.2) is 24.3 Å². The van der Waals surface area contributed by atoms with Crippen molar-refractivity contribution in [3.63, 3.8) is 0 Å². The van der Waals surface area contributed by atoms with Crippen LogP contribution in [0.3, 0.4) is 0 Å². The highest BCUT2D eigenvalue weighted by molar-refractivity contribution is 4.92. The largest absolute Gasteiger partial charge is 0.347 e. The summed E-state index contributed by atoms with van der Waals surface area (Å²) in [6.07, 6.45) is 20.1. The van der Waals surface area contributed by atoms with Crippen LogP contribution >= 0.6 is 0 Å². The third kappa shape index (κ3) is 5.12. The summed E-state index contributed by atoms with van der Waals surface area (Å²) in [5, 5.41) is 0. The van der Waals surface area contributed by atoms with Crippen molar-refractivity contribution in [2.45, 2.75) is 83.2 Å². The summed E-state index contributed by atoms with van der Waals surface area (Å²) in [6.45, 7) is 2.22. The van der Waals surface area contributed by atoms with Gasteiger partial charge in [-0.15, -0.1) is 0 Å². The molecule has 0 spiro atoms. The van der Waals surface area contributed by atoms with E-state index in [0.29, 0.717) is 12.2 Å². The van der Waals surface area contributed by atoms with E-state index < -0.39 is 0 Å². The van der Waals surface area contributed by atoms with Crippen LogP contribution in [0.25, 0.3) is 0 Å². The van der Waals surface area contributed by atoms with Crippen LogP contribution in [0.2, 0.25) is 0 Å². The van der Waals surface area contributed by atoms with Gasteiger partial charge in [0.05, 0.1) is 12.2 Å². The smallest absolute Gasteiger partial charge is 0.158 e. The number of allylic oxidation sites excluding steroid dienone is 4. The van der Waals surface area contributed by atoms with Gasteiger partial charge >= 0.3 is 0 Å². The molecule has 0 aromatic carbocycles. The third-order valence-electron chi connectivity index (χ3n) is 3.93. The van der Waals surface area contributed by atoms with Gasteiger partial charge in [-0.3, -0.25) is 0 Å².